The molecule has 1 saturated heterocycles. The Morgan fingerprint density at radius 3 is 2.32 bits per heavy atom. The zero-order valence-corrected chi connectivity index (χ0v) is 19.6. The predicted octanol–water partition coefficient (Wildman–Crippen LogP) is 4.19. The number of hydrogen-bond acceptors (Lipinski definition) is 4. The van der Waals surface area contributed by atoms with Gasteiger partial charge in [-0.2, -0.15) is 0 Å². The fraction of sp³-hybridized carbons (Fsp3) is 0.773. The van der Waals surface area contributed by atoms with Crippen LogP contribution in [0.2, 0.25) is 0 Å². The van der Waals surface area contributed by atoms with Gasteiger partial charge in [0.05, 0.1) is 25.6 Å². The highest BCUT2D eigenvalue weighted by Gasteiger charge is 2.47. The second kappa shape index (κ2) is 11.2. The Bertz CT molecular complexity index is 552. The monoisotopic (exact) mass is 456 g/mol. The summed E-state index contributed by atoms with van der Waals surface area (Å²) in [6.07, 6.45) is 11.7. The molecular weight excluding hydrogens is 420 g/mol. The van der Waals surface area contributed by atoms with Crippen molar-refractivity contribution in [3.8, 4) is 0 Å². The Morgan fingerprint density at radius 1 is 1.11 bits per heavy atom. The molecule has 2 rings (SSSR count). The van der Waals surface area contributed by atoms with Gasteiger partial charge in [-0.1, -0.05) is 35.2 Å². The van der Waals surface area contributed by atoms with E-state index in [1.165, 1.54) is 19.3 Å². The van der Waals surface area contributed by atoms with Gasteiger partial charge in [-0.15, -0.1) is 0 Å². The van der Waals surface area contributed by atoms with E-state index in [4.69, 9.17) is 9.47 Å². The van der Waals surface area contributed by atoms with Gasteiger partial charge in [0.2, 0.25) is 5.91 Å². The molecule has 1 fully saturated rings. The SMILES string of the molecule is COC1=CC2(C=C(OC)C1CCCCCCBr)CCN(CCCN(C)C)C2=O. The van der Waals surface area contributed by atoms with Crippen LogP contribution in [-0.4, -0.2) is 69.0 Å². The summed E-state index contributed by atoms with van der Waals surface area (Å²) in [7, 11) is 7.56. The maximum atomic E-state index is 13.2. The number of amides is 1. The number of halogens is 1. The van der Waals surface area contributed by atoms with E-state index < -0.39 is 5.41 Å². The van der Waals surface area contributed by atoms with E-state index in [1.807, 2.05) is 4.90 Å². The molecule has 6 heteroatoms. The molecule has 0 N–H and O–H groups in total. The van der Waals surface area contributed by atoms with Crippen molar-refractivity contribution in [2.75, 3.05) is 53.3 Å². The van der Waals surface area contributed by atoms with Crippen molar-refractivity contribution in [2.24, 2.45) is 11.3 Å². The zero-order chi connectivity index (χ0) is 20.6. The number of rotatable bonds is 12. The van der Waals surface area contributed by atoms with Crippen molar-refractivity contribution in [2.45, 2.75) is 44.9 Å². The molecule has 28 heavy (non-hydrogen) atoms. The normalized spacial score (nSPS) is 24.7. The highest BCUT2D eigenvalue weighted by atomic mass is 79.9. The van der Waals surface area contributed by atoms with Crippen LogP contribution in [0.5, 0.6) is 0 Å². The Labute approximate surface area is 179 Å². The summed E-state index contributed by atoms with van der Waals surface area (Å²) in [5, 5.41) is 1.07. The second-order valence-corrected chi connectivity index (χ2v) is 8.98. The molecule has 1 aliphatic heterocycles. The minimum absolute atomic E-state index is 0.125. The molecule has 1 amide bonds. The van der Waals surface area contributed by atoms with Gasteiger partial charge in [-0.05, 0) is 58.5 Å². The standard InChI is InChI=1S/C22H37BrN2O3/c1-24(2)13-9-14-25-15-11-22(21(25)26)16-19(27-3)18(20(17-22)28-4)10-7-5-6-8-12-23/h16-18H,5-15H2,1-4H3. The minimum Gasteiger partial charge on any atom is -0.501 e. The van der Waals surface area contributed by atoms with Gasteiger partial charge >= 0.3 is 0 Å². The molecule has 0 unspecified atom stereocenters. The van der Waals surface area contributed by atoms with Crippen LogP contribution in [0.15, 0.2) is 23.7 Å². The van der Waals surface area contributed by atoms with E-state index in [1.54, 1.807) is 14.2 Å². The number of likely N-dealkylation sites (tertiary alicyclic amines) is 1. The lowest BCUT2D eigenvalue weighted by atomic mass is 9.77. The first kappa shape index (κ1) is 23.3. The van der Waals surface area contributed by atoms with Crippen LogP contribution in [0.4, 0.5) is 0 Å². The number of nitrogens with zero attached hydrogens (tertiary/aromatic N) is 2. The third kappa shape index (κ3) is 5.76. The van der Waals surface area contributed by atoms with Crippen LogP contribution in [-0.2, 0) is 14.3 Å². The fourth-order valence-corrected chi connectivity index (χ4v) is 4.65. The first-order valence-corrected chi connectivity index (χ1v) is 11.6. The van der Waals surface area contributed by atoms with Crippen molar-refractivity contribution in [1.29, 1.82) is 0 Å². The lowest BCUT2D eigenvalue weighted by molar-refractivity contribution is -0.132. The topological polar surface area (TPSA) is 42.0 Å². The number of hydrogen-bond donors (Lipinski definition) is 0. The second-order valence-electron chi connectivity index (χ2n) is 8.19. The average Bonchev–Trinajstić information content (AvgIpc) is 2.97. The first-order chi connectivity index (χ1) is 13.5. The average molecular weight is 457 g/mol. The number of ether oxygens (including phenoxy) is 2. The summed E-state index contributed by atoms with van der Waals surface area (Å²) in [4.78, 5) is 17.4. The van der Waals surface area contributed by atoms with E-state index in [2.05, 4.69) is 47.1 Å². The number of carbonyl (C=O) groups excluding carboxylic acids is 1. The largest absolute Gasteiger partial charge is 0.501 e. The molecule has 1 spiro atoms. The van der Waals surface area contributed by atoms with Crippen LogP contribution in [0.1, 0.15) is 44.9 Å². The van der Waals surface area contributed by atoms with Crippen LogP contribution in [0, 0.1) is 11.3 Å². The van der Waals surface area contributed by atoms with E-state index in [9.17, 15) is 4.79 Å². The maximum absolute atomic E-state index is 13.2. The number of unbranched alkanes of at least 4 members (excludes halogenated alkanes) is 3. The Balaban J connectivity index is 2.06. The van der Waals surface area contributed by atoms with Gasteiger partial charge in [0.1, 0.15) is 11.5 Å². The van der Waals surface area contributed by atoms with Crippen LogP contribution in [0.3, 0.4) is 0 Å². The lowest BCUT2D eigenvalue weighted by Crippen LogP contribution is -2.36. The number of alkyl halides is 1. The molecule has 0 bridgehead atoms. The minimum atomic E-state index is -0.596. The summed E-state index contributed by atoms with van der Waals surface area (Å²) in [5.41, 5.74) is -0.596. The van der Waals surface area contributed by atoms with Crippen LogP contribution >= 0.6 is 15.9 Å². The first-order valence-electron chi connectivity index (χ1n) is 10.5. The maximum Gasteiger partial charge on any atom is 0.236 e. The summed E-state index contributed by atoms with van der Waals surface area (Å²) < 4.78 is 11.5. The molecule has 5 nitrogen and oxygen atoms in total. The van der Waals surface area contributed by atoms with Gasteiger partial charge in [0.15, 0.2) is 0 Å². The van der Waals surface area contributed by atoms with Crippen molar-refractivity contribution < 1.29 is 14.3 Å². The molecule has 1 aliphatic carbocycles. The molecule has 0 saturated carbocycles. The Kier molecular flexibility index (Phi) is 9.35. The van der Waals surface area contributed by atoms with Crippen molar-refractivity contribution in [3.05, 3.63) is 23.7 Å². The molecule has 1 heterocycles. The Hall–Kier alpha value is -1.01. The number of methoxy groups -OCH3 is 2. The molecule has 2 aliphatic rings. The van der Waals surface area contributed by atoms with E-state index >= 15 is 0 Å². The van der Waals surface area contributed by atoms with Gasteiger partial charge in [-0.3, -0.25) is 4.79 Å². The third-order valence-electron chi connectivity index (χ3n) is 5.85. The highest BCUT2D eigenvalue weighted by Crippen LogP contribution is 2.45. The van der Waals surface area contributed by atoms with Crippen LogP contribution < -0.4 is 0 Å². The quantitative estimate of drug-likeness (QED) is 0.326. The highest BCUT2D eigenvalue weighted by molar-refractivity contribution is 9.09. The van der Waals surface area contributed by atoms with Gasteiger partial charge in [0, 0.05) is 18.4 Å². The molecule has 0 radical (unpaired) electrons. The van der Waals surface area contributed by atoms with Crippen molar-refractivity contribution in [1.82, 2.24) is 9.80 Å². The van der Waals surface area contributed by atoms with Crippen molar-refractivity contribution in [3.63, 3.8) is 0 Å². The predicted molar refractivity (Wildman–Crippen MR) is 117 cm³/mol. The van der Waals surface area contributed by atoms with E-state index in [-0.39, 0.29) is 11.8 Å². The van der Waals surface area contributed by atoms with E-state index in [0.717, 1.165) is 62.2 Å². The van der Waals surface area contributed by atoms with Gasteiger partial charge < -0.3 is 19.3 Å². The van der Waals surface area contributed by atoms with Gasteiger partial charge in [-0.25, -0.2) is 0 Å². The molecule has 0 aromatic rings. The third-order valence-corrected chi connectivity index (χ3v) is 6.41. The van der Waals surface area contributed by atoms with Gasteiger partial charge in [0.25, 0.3) is 0 Å². The fourth-order valence-electron chi connectivity index (χ4n) is 4.26. The Morgan fingerprint density at radius 2 is 1.75 bits per heavy atom. The zero-order valence-electron chi connectivity index (χ0n) is 18.0. The molecule has 160 valence electrons. The summed E-state index contributed by atoms with van der Waals surface area (Å²) >= 11 is 3.49. The smallest absolute Gasteiger partial charge is 0.236 e. The summed E-state index contributed by atoms with van der Waals surface area (Å²) in [6.45, 7) is 2.60. The lowest BCUT2D eigenvalue weighted by Gasteiger charge is -2.32. The van der Waals surface area contributed by atoms with E-state index in [0.29, 0.717) is 0 Å². The summed E-state index contributed by atoms with van der Waals surface area (Å²) in [5.74, 6) is 2.10. The molecule has 0 atom stereocenters. The molecular formula is C22H37BrN2O3. The molecule has 0 aromatic heterocycles. The number of carbonyl (C=O) groups is 1. The van der Waals surface area contributed by atoms with Crippen molar-refractivity contribution >= 4 is 21.8 Å². The van der Waals surface area contributed by atoms with Crippen LogP contribution in [0.25, 0.3) is 0 Å². The summed E-state index contributed by atoms with van der Waals surface area (Å²) in [6, 6.07) is 0. The molecule has 0 aromatic carbocycles.